The summed E-state index contributed by atoms with van der Waals surface area (Å²) in [5.74, 6) is 1.74. The van der Waals surface area contributed by atoms with Gasteiger partial charge in [-0.05, 0) is 97.7 Å². The Morgan fingerprint density at radius 3 is 1.48 bits per heavy atom. The minimum absolute atomic E-state index is 0.546. The first-order valence-electron chi connectivity index (χ1n) is 20.3. The number of para-hydroxylation sites is 1. The van der Waals surface area contributed by atoms with Crippen molar-refractivity contribution in [2.75, 3.05) is 0 Å². The van der Waals surface area contributed by atoms with Crippen molar-refractivity contribution < 1.29 is 4.42 Å². The van der Waals surface area contributed by atoms with Gasteiger partial charge in [-0.2, -0.15) is 0 Å². The Bertz CT molecular complexity index is 3820. The predicted molar refractivity (Wildman–Crippen MR) is 248 cm³/mol. The SMILES string of the molecule is c1ccc2cc(-c3nc(-c4ccc5ccccc5c4)nc(-c4ccc(-n5c6ccccc6c6cc7ccccc7cc65)c5c4oc4cc6ccccc6cc45)n3)ccc2c1. The van der Waals surface area contributed by atoms with Crippen LogP contribution in [0.15, 0.2) is 199 Å². The van der Waals surface area contributed by atoms with Gasteiger partial charge in [-0.3, -0.25) is 0 Å². The third kappa shape index (κ3) is 5.03. The fourth-order valence-corrected chi connectivity index (χ4v) is 9.24. The minimum atomic E-state index is 0.546. The van der Waals surface area contributed by atoms with E-state index >= 15 is 0 Å². The van der Waals surface area contributed by atoms with Crippen LogP contribution in [-0.2, 0) is 0 Å². The van der Waals surface area contributed by atoms with E-state index in [0.29, 0.717) is 17.5 Å². The zero-order valence-electron chi connectivity index (χ0n) is 32.2. The molecule has 3 aromatic heterocycles. The first kappa shape index (κ1) is 32.9. The molecule has 0 radical (unpaired) electrons. The standard InChI is InChI=1S/C55H32N4O/c1-3-13-35-27-41(23-21-33(35)11-1)53-56-54(42-24-22-34-12-2-4-14-36(34)28-42)58-55(57-53)44-25-26-48(51-46-30-38-16-6-8-18-40(38)32-50(46)60-52(44)51)59-47-20-10-9-19-43(47)45-29-37-15-5-7-17-39(37)31-49(45)59/h1-32H. The minimum Gasteiger partial charge on any atom is -0.455 e. The molecule has 0 amide bonds. The molecule has 5 heteroatoms. The fourth-order valence-electron chi connectivity index (χ4n) is 9.24. The van der Waals surface area contributed by atoms with Crippen LogP contribution in [0.2, 0.25) is 0 Å². The molecule has 5 nitrogen and oxygen atoms in total. The van der Waals surface area contributed by atoms with Gasteiger partial charge in [0.05, 0.1) is 27.7 Å². The summed E-state index contributed by atoms with van der Waals surface area (Å²) in [5, 5.41) is 13.7. The molecule has 13 aromatic rings. The van der Waals surface area contributed by atoms with Crippen molar-refractivity contribution in [2.45, 2.75) is 0 Å². The van der Waals surface area contributed by atoms with E-state index in [4.69, 9.17) is 19.4 Å². The maximum absolute atomic E-state index is 7.07. The van der Waals surface area contributed by atoms with Gasteiger partial charge in [0.15, 0.2) is 17.5 Å². The van der Waals surface area contributed by atoms with Crippen molar-refractivity contribution in [3.63, 3.8) is 0 Å². The lowest BCUT2D eigenvalue weighted by Crippen LogP contribution is -2.01. The second-order valence-electron chi connectivity index (χ2n) is 15.6. The molecule has 0 saturated heterocycles. The van der Waals surface area contributed by atoms with Gasteiger partial charge < -0.3 is 8.98 Å². The number of nitrogens with zero attached hydrogens (tertiary/aromatic N) is 4. The molecule has 278 valence electrons. The van der Waals surface area contributed by atoms with Gasteiger partial charge in [-0.1, -0.05) is 140 Å². The topological polar surface area (TPSA) is 56.7 Å². The molecule has 0 saturated carbocycles. The highest BCUT2D eigenvalue weighted by Crippen LogP contribution is 2.44. The van der Waals surface area contributed by atoms with E-state index in [-0.39, 0.29) is 0 Å². The van der Waals surface area contributed by atoms with E-state index in [9.17, 15) is 0 Å². The van der Waals surface area contributed by atoms with Gasteiger partial charge in [0.1, 0.15) is 11.2 Å². The van der Waals surface area contributed by atoms with Crippen LogP contribution in [0.5, 0.6) is 0 Å². The van der Waals surface area contributed by atoms with Crippen LogP contribution in [0.25, 0.3) is 127 Å². The van der Waals surface area contributed by atoms with Crippen molar-refractivity contribution in [2.24, 2.45) is 0 Å². The smallest absolute Gasteiger partial charge is 0.167 e. The molecular weight excluding hydrogens is 733 g/mol. The van der Waals surface area contributed by atoms with Gasteiger partial charge in [0.2, 0.25) is 0 Å². The van der Waals surface area contributed by atoms with E-state index < -0.39 is 0 Å². The van der Waals surface area contributed by atoms with E-state index in [2.05, 4.69) is 199 Å². The van der Waals surface area contributed by atoms with E-state index in [1.54, 1.807) is 0 Å². The van der Waals surface area contributed by atoms with Crippen LogP contribution >= 0.6 is 0 Å². The Morgan fingerprint density at radius 2 is 0.850 bits per heavy atom. The average molecular weight is 765 g/mol. The third-order valence-corrected chi connectivity index (χ3v) is 12.1. The van der Waals surface area contributed by atoms with Gasteiger partial charge >= 0.3 is 0 Å². The third-order valence-electron chi connectivity index (χ3n) is 12.1. The highest BCUT2D eigenvalue weighted by atomic mass is 16.3. The molecule has 0 atom stereocenters. The first-order valence-corrected chi connectivity index (χ1v) is 20.3. The lowest BCUT2D eigenvalue weighted by molar-refractivity contribution is 0.670. The molecule has 0 N–H and O–H groups in total. The fraction of sp³-hybridized carbons (Fsp3) is 0. The summed E-state index contributed by atoms with van der Waals surface area (Å²) < 4.78 is 9.48. The summed E-state index contributed by atoms with van der Waals surface area (Å²) in [6.45, 7) is 0. The number of fused-ring (bicyclic) bond motifs is 10. The molecule has 0 aliphatic heterocycles. The second-order valence-corrected chi connectivity index (χ2v) is 15.6. The number of furan rings is 1. The van der Waals surface area contributed by atoms with Crippen LogP contribution in [0.1, 0.15) is 0 Å². The second kappa shape index (κ2) is 12.7. The highest BCUT2D eigenvalue weighted by Gasteiger charge is 2.24. The average Bonchev–Trinajstić information content (AvgIpc) is 3.84. The summed E-state index contributed by atoms with van der Waals surface area (Å²) >= 11 is 0. The molecule has 0 spiro atoms. The predicted octanol–water partition coefficient (Wildman–Crippen LogP) is 14.5. The molecule has 0 unspecified atom stereocenters. The van der Waals surface area contributed by atoms with Gasteiger partial charge in [0.25, 0.3) is 0 Å². The molecule has 0 fully saturated rings. The van der Waals surface area contributed by atoms with Crippen molar-refractivity contribution in [3.8, 4) is 39.9 Å². The summed E-state index contributed by atoms with van der Waals surface area (Å²) in [4.78, 5) is 15.7. The number of aromatic nitrogens is 4. The molecule has 3 heterocycles. The molecule has 60 heavy (non-hydrogen) atoms. The van der Waals surface area contributed by atoms with Gasteiger partial charge in [-0.15, -0.1) is 0 Å². The summed E-state index contributed by atoms with van der Waals surface area (Å²) in [6.07, 6.45) is 0. The summed E-state index contributed by atoms with van der Waals surface area (Å²) in [5.41, 5.74) is 7.46. The molecule has 10 aromatic carbocycles. The van der Waals surface area contributed by atoms with Crippen LogP contribution in [-0.4, -0.2) is 19.5 Å². The van der Waals surface area contributed by atoms with Crippen LogP contribution in [0, 0.1) is 0 Å². The van der Waals surface area contributed by atoms with Crippen molar-refractivity contribution in [1.29, 1.82) is 0 Å². The zero-order valence-corrected chi connectivity index (χ0v) is 32.2. The molecule has 13 rings (SSSR count). The highest BCUT2D eigenvalue weighted by molar-refractivity contribution is 6.19. The van der Waals surface area contributed by atoms with Crippen LogP contribution in [0.3, 0.4) is 0 Å². The van der Waals surface area contributed by atoms with Crippen molar-refractivity contribution in [1.82, 2.24) is 19.5 Å². The normalized spacial score (nSPS) is 12.0. The Balaban J connectivity index is 1.12. The van der Waals surface area contributed by atoms with Crippen LogP contribution in [0.4, 0.5) is 0 Å². The maximum Gasteiger partial charge on any atom is 0.167 e. The Labute approximate surface area is 343 Å². The first-order chi connectivity index (χ1) is 29.7. The number of rotatable bonds is 4. The quantitative estimate of drug-likeness (QED) is 0.179. The number of hydrogen-bond donors (Lipinski definition) is 0. The van der Waals surface area contributed by atoms with E-state index in [0.717, 1.165) is 87.7 Å². The van der Waals surface area contributed by atoms with Crippen LogP contribution < -0.4 is 0 Å². The largest absolute Gasteiger partial charge is 0.455 e. The van der Waals surface area contributed by atoms with E-state index in [1.165, 1.54) is 21.5 Å². The molecule has 0 bridgehead atoms. The summed E-state index contributed by atoms with van der Waals surface area (Å²) in [7, 11) is 0. The maximum atomic E-state index is 7.07. The van der Waals surface area contributed by atoms with Crippen molar-refractivity contribution in [3.05, 3.63) is 194 Å². The number of hydrogen-bond acceptors (Lipinski definition) is 4. The van der Waals surface area contributed by atoms with Gasteiger partial charge in [-0.25, -0.2) is 15.0 Å². The molecular formula is C55H32N4O. The Hall–Kier alpha value is -8.15. The lowest BCUT2D eigenvalue weighted by atomic mass is 10.0. The molecule has 0 aliphatic rings. The zero-order chi connectivity index (χ0) is 39.3. The number of benzene rings is 10. The van der Waals surface area contributed by atoms with E-state index in [1.807, 2.05) is 0 Å². The Morgan fingerprint density at radius 1 is 0.350 bits per heavy atom. The Kier molecular flexibility index (Phi) is 6.95. The summed E-state index contributed by atoms with van der Waals surface area (Å²) in [6, 6.07) is 68.7. The molecule has 0 aliphatic carbocycles. The van der Waals surface area contributed by atoms with Crippen molar-refractivity contribution >= 4 is 86.8 Å². The van der Waals surface area contributed by atoms with Gasteiger partial charge in [0, 0.05) is 27.3 Å². The lowest BCUT2D eigenvalue weighted by Gasteiger charge is -2.13. The monoisotopic (exact) mass is 764 g/mol.